The first-order chi connectivity index (χ1) is 7.09. The van der Waals surface area contributed by atoms with Crippen LogP contribution in [-0.2, 0) is 19.1 Å². The van der Waals surface area contributed by atoms with E-state index in [0.29, 0.717) is 6.61 Å². The summed E-state index contributed by atoms with van der Waals surface area (Å²) in [5.41, 5.74) is 0. The van der Waals surface area contributed by atoms with Crippen molar-refractivity contribution in [3.63, 3.8) is 0 Å². The minimum atomic E-state index is -0.274. The van der Waals surface area contributed by atoms with Crippen LogP contribution in [0.25, 0.3) is 0 Å². The maximum atomic E-state index is 10.8. The lowest BCUT2D eigenvalue weighted by Crippen LogP contribution is -2.22. The van der Waals surface area contributed by atoms with E-state index >= 15 is 0 Å². The monoisotopic (exact) mass is 212 g/mol. The smallest absolute Gasteiger partial charge is 0.303 e. The Bertz CT molecular complexity index is 270. The lowest BCUT2D eigenvalue weighted by Gasteiger charge is -2.18. The molecule has 0 saturated carbocycles. The second-order valence-corrected chi connectivity index (χ2v) is 3.63. The average Bonchev–Trinajstić information content (AvgIpc) is 2.51. The zero-order valence-corrected chi connectivity index (χ0v) is 9.06. The quantitative estimate of drug-likeness (QED) is 0.522. The Labute approximate surface area is 89.2 Å². The van der Waals surface area contributed by atoms with E-state index in [1.807, 2.05) is 12.2 Å². The van der Waals surface area contributed by atoms with Gasteiger partial charge in [-0.05, 0) is 18.9 Å². The molecule has 2 atom stereocenters. The Kier molecular flexibility index (Phi) is 4.34. The molecule has 0 bridgehead atoms. The van der Waals surface area contributed by atoms with E-state index in [2.05, 4.69) is 0 Å². The number of carbonyl (C=O) groups is 2. The molecule has 15 heavy (non-hydrogen) atoms. The molecule has 0 radical (unpaired) electrons. The van der Waals surface area contributed by atoms with E-state index < -0.39 is 0 Å². The van der Waals surface area contributed by atoms with Gasteiger partial charge in [0, 0.05) is 19.8 Å². The fourth-order valence-electron chi connectivity index (χ4n) is 1.64. The third-order valence-corrected chi connectivity index (χ3v) is 2.33. The Hall–Kier alpha value is -1.32. The van der Waals surface area contributed by atoms with Crippen LogP contribution in [0.1, 0.15) is 26.7 Å². The van der Waals surface area contributed by atoms with E-state index in [-0.39, 0.29) is 24.0 Å². The van der Waals surface area contributed by atoms with Gasteiger partial charge in [0.1, 0.15) is 6.10 Å². The molecule has 0 aromatic heterocycles. The number of rotatable bonds is 4. The summed E-state index contributed by atoms with van der Waals surface area (Å²) in [6.45, 7) is 3.17. The molecule has 0 N–H and O–H groups in total. The van der Waals surface area contributed by atoms with Crippen LogP contribution >= 0.6 is 0 Å². The Morgan fingerprint density at radius 1 is 1.33 bits per heavy atom. The third kappa shape index (κ3) is 4.14. The van der Waals surface area contributed by atoms with Gasteiger partial charge in [-0.25, -0.2) is 0 Å². The van der Waals surface area contributed by atoms with Crippen LogP contribution in [0.3, 0.4) is 0 Å². The normalized spacial score (nSPS) is 23.9. The molecule has 4 heteroatoms. The van der Waals surface area contributed by atoms with Crippen molar-refractivity contribution in [2.24, 2.45) is 5.92 Å². The van der Waals surface area contributed by atoms with E-state index in [1.165, 1.54) is 13.8 Å². The summed E-state index contributed by atoms with van der Waals surface area (Å²) in [5.74, 6) is -0.303. The van der Waals surface area contributed by atoms with Gasteiger partial charge in [0.05, 0.1) is 6.61 Å². The van der Waals surface area contributed by atoms with Crippen molar-refractivity contribution in [3.8, 4) is 0 Å². The number of esters is 2. The number of allylic oxidation sites excluding steroid dienone is 1. The standard InChI is InChI=1S/C11H16O4/c1-8(12)14-7-6-10-4-3-5-11(10)15-9(2)13/h3,5,10-11H,4,6-7H2,1-2H3. The first kappa shape index (κ1) is 11.8. The number of carbonyl (C=O) groups excluding carboxylic acids is 2. The molecule has 1 aliphatic rings. The van der Waals surface area contributed by atoms with Crippen LogP contribution in [0.4, 0.5) is 0 Å². The maximum Gasteiger partial charge on any atom is 0.303 e. The van der Waals surface area contributed by atoms with Crippen molar-refractivity contribution < 1.29 is 19.1 Å². The summed E-state index contributed by atoms with van der Waals surface area (Å²) in [6.07, 6.45) is 5.33. The van der Waals surface area contributed by atoms with Crippen LogP contribution in [0, 0.1) is 5.92 Å². The summed E-state index contributed by atoms with van der Waals surface area (Å²) in [7, 11) is 0. The van der Waals surface area contributed by atoms with Crippen LogP contribution in [0.2, 0.25) is 0 Å². The Morgan fingerprint density at radius 2 is 2.07 bits per heavy atom. The summed E-state index contributed by atoms with van der Waals surface area (Å²) in [6, 6.07) is 0. The van der Waals surface area contributed by atoms with Crippen LogP contribution in [-0.4, -0.2) is 24.6 Å². The van der Waals surface area contributed by atoms with Crippen molar-refractivity contribution in [1.29, 1.82) is 0 Å². The number of hydrogen-bond acceptors (Lipinski definition) is 4. The van der Waals surface area contributed by atoms with E-state index in [1.54, 1.807) is 0 Å². The van der Waals surface area contributed by atoms with Gasteiger partial charge in [-0.2, -0.15) is 0 Å². The fourth-order valence-corrected chi connectivity index (χ4v) is 1.64. The first-order valence-electron chi connectivity index (χ1n) is 5.07. The van der Waals surface area contributed by atoms with Gasteiger partial charge in [0.2, 0.25) is 0 Å². The highest BCUT2D eigenvalue weighted by Crippen LogP contribution is 2.25. The fraction of sp³-hybridized carbons (Fsp3) is 0.636. The number of ether oxygens (including phenoxy) is 2. The highest BCUT2D eigenvalue weighted by atomic mass is 16.5. The van der Waals surface area contributed by atoms with Gasteiger partial charge in [0.25, 0.3) is 0 Å². The molecule has 0 aromatic rings. The van der Waals surface area contributed by atoms with E-state index in [4.69, 9.17) is 9.47 Å². The van der Waals surface area contributed by atoms with Crippen molar-refractivity contribution in [1.82, 2.24) is 0 Å². The molecule has 0 amide bonds. The Morgan fingerprint density at radius 3 is 2.67 bits per heavy atom. The molecule has 1 aliphatic carbocycles. The molecule has 2 unspecified atom stereocenters. The zero-order valence-electron chi connectivity index (χ0n) is 9.06. The summed E-state index contributed by atoms with van der Waals surface area (Å²) in [5, 5.41) is 0. The molecule has 1 rings (SSSR count). The molecule has 0 aromatic carbocycles. The van der Waals surface area contributed by atoms with Gasteiger partial charge < -0.3 is 9.47 Å². The van der Waals surface area contributed by atoms with Crippen LogP contribution in [0.5, 0.6) is 0 Å². The van der Waals surface area contributed by atoms with Crippen molar-refractivity contribution >= 4 is 11.9 Å². The first-order valence-corrected chi connectivity index (χ1v) is 5.07. The Balaban J connectivity index is 2.29. The van der Waals surface area contributed by atoms with E-state index in [9.17, 15) is 9.59 Å². The molecule has 4 nitrogen and oxygen atoms in total. The maximum absolute atomic E-state index is 10.8. The highest BCUT2D eigenvalue weighted by Gasteiger charge is 2.25. The number of hydrogen-bond donors (Lipinski definition) is 0. The second kappa shape index (κ2) is 5.53. The largest absolute Gasteiger partial charge is 0.466 e. The van der Waals surface area contributed by atoms with Gasteiger partial charge in [-0.1, -0.05) is 6.08 Å². The molecule has 84 valence electrons. The van der Waals surface area contributed by atoms with Crippen LogP contribution < -0.4 is 0 Å². The zero-order chi connectivity index (χ0) is 11.3. The molecule has 0 saturated heterocycles. The minimum Gasteiger partial charge on any atom is -0.466 e. The SMILES string of the molecule is CC(=O)OCCC1CC=CC1OC(C)=O. The van der Waals surface area contributed by atoms with E-state index in [0.717, 1.165) is 12.8 Å². The third-order valence-electron chi connectivity index (χ3n) is 2.33. The predicted octanol–water partition coefficient (Wildman–Crippen LogP) is 1.45. The van der Waals surface area contributed by atoms with Crippen molar-refractivity contribution in [2.75, 3.05) is 6.61 Å². The van der Waals surface area contributed by atoms with Gasteiger partial charge in [0.15, 0.2) is 0 Å². The molecule has 0 aliphatic heterocycles. The molecular weight excluding hydrogens is 196 g/mol. The predicted molar refractivity (Wildman–Crippen MR) is 54.1 cm³/mol. The molecule has 0 heterocycles. The highest BCUT2D eigenvalue weighted by molar-refractivity contribution is 5.66. The lowest BCUT2D eigenvalue weighted by atomic mass is 10.0. The minimum absolute atomic E-state index is 0.155. The van der Waals surface area contributed by atoms with Gasteiger partial charge in [-0.15, -0.1) is 0 Å². The van der Waals surface area contributed by atoms with Crippen molar-refractivity contribution in [3.05, 3.63) is 12.2 Å². The lowest BCUT2D eigenvalue weighted by molar-refractivity contribution is -0.147. The molecular formula is C11H16O4. The van der Waals surface area contributed by atoms with Crippen LogP contribution in [0.15, 0.2) is 12.2 Å². The van der Waals surface area contributed by atoms with Crippen molar-refractivity contribution in [2.45, 2.75) is 32.8 Å². The molecule has 0 fully saturated rings. The molecule has 0 spiro atoms. The van der Waals surface area contributed by atoms with Gasteiger partial charge >= 0.3 is 11.9 Å². The summed E-state index contributed by atoms with van der Waals surface area (Å²) >= 11 is 0. The topological polar surface area (TPSA) is 52.6 Å². The summed E-state index contributed by atoms with van der Waals surface area (Å²) in [4.78, 5) is 21.3. The summed E-state index contributed by atoms with van der Waals surface area (Å²) < 4.78 is 9.97. The second-order valence-electron chi connectivity index (χ2n) is 3.63. The van der Waals surface area contributed by atoms with Gasteiger partial charge in [-0.3, -0.25) is 9.59 Å². The average molecular weight is 212 g/mol.